The topological polar surface area (TPSA) is 97.3 Å². The number of nitrogens with two attached hydrogens (primary N) is 1. The van der Waals surface area contributed by atoms with E-state index in [1.807, 2.05) is 0 Å². The molecule has 2 aromatic heterocycles. The summed E-state index contributed by atoms with van der Waals surface area (Å²) >= 11 is 1.31. The normalized spacial score (nSPS) is 10.5. The molecule has 3 N–H and O–H groups in total. The maximum absolute atomic E-state index is 11.8. The van der Waals surface area contributed by atoms with E-state index in [9.17, 15) is 4.79 Å². The van der Waals surface area contributed by atoms with E-state index in [1.165, 1.54) is 16.2 Å². The van der Waals surface area contributed by atoms with E-state index in [1.54, 1.807) is 27.1 Å². The van der Waals surface area contributed by atoms with Crippen LogP contribution in [0.25, 0.3) is 0 Å². The Bertz CT molecular complexity index is 590. The van der Waals surface area contributed by atoms with E-state index in [0.717, 1.165) is 5.00 Å². The van der Waals surface area contributed by atoms with Crippen molar-refractivity contribution in [1.29, 1.82) is 0 Å². The average molecular weight is 281 g/mol. The van der Waals surface area contributed by atoms with Crippen LogP contribution in [0.4, 0.5) is 10.7 Å². The largest absolute Gasteiger partial charge is 0.397 e. The van der Waals surface area contributed by atoms with Crippen LogP contribution >= 0.6 is 11.3 Å². The molecule has 0 radical (unpaired) electrons. The molecule has 0 unspecified atom stereocenters. The molecule has 2 rings (SSSR count). The molecule has 19 heavy (non-hydrogen) atoms. The molecule has 102 valence electrons. The summed E-state index contributed by atoms with van der Waals surface area (Å²) in [5.41, 5.74) is 6.29. The molecule has 0 spiro atoms. The quantitative estimate of drug-likeness (QED) is 0.877. The first-order valence-corrected chi connectivity index (χ1v) is 6.43. The number of thiophene rings is 1. The molecule has 0 atom stereocenters. The maximum Gasteiger partial charge on any atom is 0.265 e. The lowest BCUT2D eigenvalue weighted by atomic mass is 10.3. The molecular formula is C11H15N5O2S. The van der Waals surface area contributed by atoms with Crippen molar-refractivity contribution in [2.45, 2.75) is 13.5 Å². The highest BCUT2D eigenvalue weighted by molar-refractivity contribution is 7.18. The molecule has 2 heterocycles. The zero-order chi connectivity index (χ0) is 14.0. The lowest BCUT2D eigenvalue weighted by Crippen LogP contribution is -2.21. The van der Waals surface area contributed by atoms with Gasteiger partial charge in [-0.2, -0.15) is 4.98 Å². The summed E-state index contributed by atoms with van der Waals surface area (Å²) in [4.78, 5) is 17.9. The van der Waals surface area contributed by atoms with Gasteiger partial charge in [0, 0.05) is 21.0 Å². The van der Waals surface area contributed by atoms with Gasteiger partial charge >= 0.3 is 0 Å². The summed E-state index contributed by atoms with van der Waals surface area (Å²) in [6.07, 6.45) is 0. The van der Waals surface area contributed by atoms with Crippen LogP contribution in [0.3, 0.4) is 0 Å². The molecule has 2 aromatic rings. The van der Waals surface area contributed by atoms with Gasteiger partial charge in [0.15, 0.2) is 5.82 Å². The van der Waals surface area contributed by atoms with Crippen molar-refractivity contribution in [2.75, 3.05) is 25.1 Å². The van der Waals surface area contributed by atoms with Crippen LogP contribution in [-0.2, 0) is 6.54 Å². The van der Waals surface area contributed by atoms with E-state index in [0.29, 0.717) is 28.8 Å². The molecule has 0 bridgehead atoms. The number of aromatic nitrogens is 2. The second-order valence-corrected chi connectivity index (χ2v) is 5.23. The first-order chi connectivity index (χ1) is 8.97. The van der Waals surface area contributed by atoms with Crippen LogP contribution in [-0.4, -0.2) is 35.0 Å². The number of nitrogens with one attached hydrogen (secondary N) is 1. The summed E-state index contributed by atoms with van der Waals surface area (Å²) < 4.78 is 4.87. The second-order valence-electron chi connectivity index (χ2n) is 4.18. The average Bonchev–Trinajstić information content (AvgIpc) is 2.92. The monoisotopic (exact) mass is 281 g/mol. The van der Waals surface area contributed by atoms with E-state index < -0.39 is 0 Å². The molecule has 8 heteroatoms. The van der Waals surface area contributed by atoms with Crippen LogP contribution in [0.2, 0.25) is 0 Å². The zero-order valence-electron chi connectivity index (χ0n) is 10.9. The third-order valence-electron chi connectivity index (χ3n) is 2.35. The van der Waals surface area contributed by atoms with E-state index in [-0.39, 0.29) is 5.91 Å². The summed E-state index contributed by atoms with van der Waals surface area (Å²) in [6, 6.07) is 1.73. The summed E-state index contributed by atoms with van der Waals surface area (Å²) in [6.45, 7) is 2.15. The zero-order valence-corrected chi connectivity index (χ0v) is 11.7. The van der Waals surface area contributed by atoms with Crippen LogP contribution in [0.5, 0.6) is 0 Å². The molecule has 1 amide bonds. The number of hydrogen-bond acceptors (Lipinski definition) is 7. The molecule has 0 aliphatic carbocycles. The highest BCUT2D eigenvalue weighted by Crippen LogP contribution is 2.30. The van der Waals surface area contributed by atoms with Crippen molar-refractivity contribution in [3.05, 3.63) is 22.7 Å². The van der Waals surface area contributed by atoms with Gasteiger partial charge in [-0.05, 0) is 6.07 Å². The predicted molar refractivity (Wildman–Crippen MR) is 73.1 cm³/mol. The minimum Gasteiger partial charge on any atom is -0.397 e. The Hall–Kier alpha value is -2.09. The minimum absolute atomic E-state index is 0.106. The molecule has 0 saturated heterocycles. The number of rotatable bonds is 4. The van der Waals surface area contributed by atoms with Gasteiger partial charge in [0.25, 0.3) is 5.91 Å². The van der Waals surface area contributed by atoms with Gasteiger partial charge in [-0.1, -0.05) is 5.16 Å². The number of nitrogens with zero attached hydrogens (tertiary/aromatic N) is 3. The van der Waals surface area contributed by atoms with Gasteiger partial charge in [-0.15, -0.1) is 11.3 Å². The molecule has 0 saturated carbocycles. The molecule has 0 aromatic carbocycles. The van der Waals surface area contributed by atoms with Gasteiger partial charge in [-0.25, -0.2) is 0 Å². The smallest absolute Gasteiger partial charge is 0.265 e. The Balaban J connectivity index is 2.06. The third-order valence-corrected chi connectivity index (χ3v) is 3.45. The lowest BCUT2D eigenvalue weighted by molar-refractivity contribution is 0.0833. The van der Waals surface area contributed by atoms with E-state index in [4.69, 9.17) is 10.3 Å². The second kappa shape index (κ2) is 5.27. The van der Waals surface area contributed by atoms with Gasteiger partial charge in [0.1, 0.15) is 4.88 Å². The fraction of sp³-hybridized carbons (Fsp3) is 0.364. The Kier molecular flexibility index (Phi) is 3.70. The van der Waals surface area contributed by atoms with Crippen LogP contribution < -0.4 is 11.1 Å². The standard InChI is InChI=1S/C11H15N5O2S/c1-6-14-8(15-18-6)5-13-9-4-7(12)10(19-9)11(17)16(2)3/h4,13H,5,12H2,1-3H3. The number of anilines is 2. The fourth-order valence-electron chi connectivity index (χ4n) is 1.44. The Labute approximate surface area is 114 Å². The number of hydrogen-bond donors (Lipinski definition) is 2. The number of nitrogen functional groups attached to an aromatic ring is 1. The third kappa shape index (κ3) is 3.02. The predicted octanol–water partition coefficient (Wildman–Crippen LogP) is 1.34. The Morgan fingerprint density at radius 3 is 2.89 bits per heavy atom. The van der Waals surface area contributed by atoms with Crippen LogP contribution in [0, 0.1) is 6.92 Å². The summed E-state index contributed by atoms with van der Waals surface area (Å²) in [5.74, 6) is 0.974. The highest BCUT2D eigenvalue weighted by atomic mass is 32.1. The minimum atomic E-state index is -0.106. The van der Waals surface area contributed by atoms with Gasteiger partial charge in [0.05, 0.1) is 17.2 Å². The lowest BCUT2D eigenvalue weighted by Gasteiger charge is -2.08. The number of carbonyl (C=O) groups is 1. The van der Waals surface area contributed by atoms with E-state index in [2.05, 4.69) is 15.5 Å². The molecule has 0 aliphatic heterocycles. The molecule has 0 aliphatic rings. The van der Waals surface area contributed by atoms with E-state index >= 15 is 0 Å². The van der Waals surface area contributed by atoms with Crippen LogP contribution in [0.15, 0.2) is 10.6 Å². The van der Waals surface area contributed by atoms with Crippen molar-refractivity contribution in [1.82, 2.24) is 15.0 Å². The van der Waals surface area contributed by atoms with Gasteiger partial charge < -0.3 is 20.5 Å². The number of carbonyl (C=O) groups excluding carboxylic acids is 1. The first-order valence-electron chi connectivity index (χ1n) is 5.61. The Morgan fingerprint density at radius 1 is 1.58 bits per heavy atom. The highest BCUT2D eigenvalue weighted by Gasteiger charge is 2.16. The molecule has 7 nitrogen and oxygen atoms in total. The van der Waals surface area contributed by atoms with Gasteiger partial charge in [-0.3, -0.25) is 4.79 Å². The number of aryl methyl sites for hydroxylation is 1. The van der Waals surface area contributed by atoms with Crippen molar-refractivity contribution >= 4 is 27.9 Å². The SMILES string of the molecule is Cc1nc(CNc2cc(N)c(C(=O)N(C)C)s2)no1. The van der Waals surface area contributed by atoms with Crippen molar-refractivity contribution in [3.63, 3.8) is 0 Å². The van der Waals surface area contributed by atoms with Crippen molar-refractivity contribution < 1.29 is 9.32 Å². The summed E-state index contributed by atoms with van der Waals surface area (Å²) in [5, 5.41) is 7.68. The van der Waals surface area contributed by atoms with Crippen molar-refractivity contribution in [3.8, 4) is 0 Å². The van der Waals surface area contributed by atoms with Crippen LogP contribution in [0.1, 0.15) is 21.4 Å². The number of amides is 1. The first kappa shape index (κ1) is 13.3. The van der Waals surface area contributed by atoms with Gasteiger partial charge in [0.2, 0.25) is 5.89 Å². The Morgan fingerprint density at radius 2 is 2.32 bits per heavy atom. The summed E-state index contributed by atoms with van der Waals surface area (Å²) in [7, 11) is 3.38. The molecule has 0 fully saturated rings. The maximum atomic E-state index is 11.8. The fourth-order valence-corrected chi connectivity index (χ4v) is 2.44. The molecular weight excluding hydrogens is 266 g/mol. The van der Waals surface area contributed by atoms with Crippen molar-refractivity contribution in [2.24, 2.45) is 0 Å².